The van der Waals surface area contributed by atoms with Crippen LogP contribution in [0.15, 0.2) is 71.6 Å². The molecule has 0 aliphatic carbocycles. The van der Waals surface area contributed by atoms with Crippen LogP contribution in [-0.4, -0.2) is 49.7 Å². The number of nitro groups is 1. The van der Waals surface area contributed by atoms with E-state index in [2.05, 4.69) is 10.0 Å². The molecule has 4 rings (SSSR count). The molecule has 0 saturated carbocycles. The molecule has 0 saturated heterocycles. The van der Waals surface area contributed by atoms with Gasteiger partial charge in [-0.05, 0) is 56.2 Å². The maximum Gasteiger partial charge on any atom is 0.293 e. The highest BCUT2D eigenvalue weighted by Gasteiger charge is 2.45. The van der Waals surface area contributed by atoms with Crippen LogP contribution in [0.4, 0.5) is 5.69 Å². The third-order valence-electron chi connectivity index (χ3n) is 6.48. The van der Waals surface area contributed by atoms with E-state index in [9.17, 15) is 28.4 Å². The van der Waals surface area contributed by atoms with E-state index < -0.39 is 43.3 Å². The molecular formula is C27H29N3O8S. The van der Waals surface area contributed by atoms with Crippen molar-refractivity contribution in [1.82, 2.24) is 10.0 Å². The van der Waals surface area contributed by atoms with Gasteiger partial charge in [0.05, 0.1) is 24.1 Å². The van der Waals surface area contributed by atoms with Crippen molar-refractivity contribution in [3.63, 3.8) is 0 Å². The minimum atomic E-state index is -4.53. The van der Waals surface area contributed by atoms with E-state index >= 15 is 0 Å². The first-order chi connectivity index (χ1) is 18.4. The number of methoxy groups -OCH3 is 1. The Morgan fingerprint density at radius 2 is 1.85 bits per heavy atom. The second kappa shape index (κ2) is 11.0. The maximum atomic E-state index is 13.4. The van der Waals surface area contributed by atoms with Crippen LogP contribution >= 0.6 is 0 Å². The molecule has 0 unspecified atom stereocenters. The Morgan fingerprint density at radius 1 is 1.13 bits per heavy atom. The molecule has 1 aliphatic heterocycles. The van der Waals surface area contributed by atoms with E-state index in [4.69, 9.17) is 9.47 Å². The molecule has 1 heterocycles. The normalized spacial score (nSPS) is 17.9. The predicted molar refractivity (Wildman–Crippen MR) is 142 cm³/mol. The van der Waals surface area contributed by atoms with Crippen molar-refractivity contribution in [2.75, 3.05) is 13.7 Å². The fourth-order valence-electron chi connectivity index (χ4n) is 4.36. The van der Waals surface area contributed by atoms with Gasteiger partial charge in [-0.2, -0.15) is 0 Å². The molecule has 1 amide bonds. The van der Waals surface area contributed by atoms with E-state index in [0.29, 0.717) is 13.0 Å². The lowest BCUT2D eigenvalue weighted by molar-refractivity contribution is -0.387. The van der Waals surface area contributed by atoms with E-state index in [1.807, 2.05) is 30.3 Å². The zero-order chi connectivity index (χ0) is 28.4. The number of nitrogens with zero attached hydrogens (tertiary/aromatic N) is 1. The Hall–Kier alpha value is -4.00. The van der Waals surface area contributed by atoms with Gasteiger partial charge < -0.3 is 19.9 Å². The lowest BCUT2D eigenvalue weighted by Crippen LogP contribution is -2.53. The van der Waals surface area contributed by atoms with Crippen LogP contribution in [-0.2, 0) is 16.4 Å². The van der Waals surface area contributed by atoms with Gasteiger partial charge in [-0.15, -0.1) is 0 Å². The number of ether oxygens (including phenoxy) is 2. The topological polar surface area (TPSA) is 157 Å². The minimum Gasteiger partial charge on any atom is -0.497 e. The second-order valence-corrected chi connectivity index (χ2v) is 11.3. The molecule has 0 fully saturated rings. The largest absolute Gasteiger partial charge is 0.497 e. The summed E-state index contributed by atoms with van der Waals surface area (Å²) in [4.78, 5) is 23.1. The molecule has 0 aromatic heterocycles. The molecule has 0 spiro atoms. The molecule has 3 N–H and O–H groups in total. The Kier molecular flexibility index (Phi) is 7.91. The number of aliphatic hydroxyl groups excluding tert-OH is 1. The number of aliphatic hydroxyl groups is 1. The number of fused-ring (bicyclic) bond motifs is 1. The zero-order valence-electron chi connectivity index (χ0n) is 21.6. The fourth-order valence-corrected chi connectivity index (χ4v) is 5.73. The number of nitrogens with one attached hydrogen (secondary N) is 2. The molecule has 0 radical (unpaired) electrons. The highest BCUT2D eigenvalue weighted by molar-refractivity contribution is 7.89. The van der Waals surface area contributed by atoms with Gasteiger partial charge in [0.1, 0.15) is 23.2 Å². The van der Waals surface area contributed by atoms with Crippen molar-refractivity contribution < 1.29 is 32.7 Å². The molecule has 39 heavy (non-hydrogen) atoms. The maximum absolute atomic E-state index is 13.4. The zero-order valence-corrected chi connectivity index (χ0v) is 22.4. The molecule has 12 heteroatoms. The molecule has 0 bridgehead atoms. The summed E-state index contributed by atoms with van der Waals surface area (Å²) in [7, 11) is -3.22. The van der Waals surface area contributed by atoms with Crippen LogP contribution in [0.25, 0.3) is 0 Å². The number of sulfonamides is 1. The number of carbonyl (C=O) groups excluding carboxylic acids is 1. The minimum absolute atomic E-state index is 0.112. The van der Waals surface area contributed by atoms with E-state index in [-0.39, 0.29) is 28.5 Å². The van der Waals surface area contributed by atoms with Crippen LogP contribution < -0.4 is 19.5 Å². The summed E-state index contributed by atoms with van der Waals surface area (Å²) >= 11 is 0. The van der Waals surface area contributed by atoms with Crippen LogP contribution in [0.2, 0.25) is 0 Å². The van der Waals surface area contributed by atoms with Gasteiger partial charge in [0.15, 0.2) is 4.90 Å². The van der Waals surface area contributed by atoms with Crippen LogP contribution in [0.5, 0.6) is 11.5 Å². The van der Waals surface area contributed by atoms with Gasteiger partial charge in [-0.3, -0.25) is 14.9 Å². The van der Waals surface area contributed by atoms with Crippen molar-refractivity contribution in [2.24, 2.45) is 0 Å². The summed E-state index contributed by atoms with van der Waals surface area (Å²) in [5.74, 6) is -0.00957. The first-order valence-electron chi connectivity index (χ1n) is 12.1. The van der Waals surface area contributed by atoms with E-state index in [1.54, 1.807) is 19.9 Å². The van der Waals surface area contributed by atoms with Crippen LogP contribution in [0.1, 0.15) is 41.4 Å². The number of amides is 1. The van der Waals surface area contributed by atoms with Crippen LogP contribution in [0.3, 0.4) is 0 Å². The Morgan fingerprint density at radius 3 is 2.51 bits per heavy atom. The Labute approximate surface area is 226 Å². The molecular weight excluding hydrogens is 526 g/mol. The fraction of sp³-hybridized carbons (Fsp3) is 0.296. The quantitative estimate of drug-likeness (QED) is 0.268. The summed E-state index contributed by atoms with van der Waals surface area (Å²) in [5, 5.41) is 25.6. The van der Waals surface area contributed by atoms with Crippen molar-refractivity contribution in [2.45, 2.75) is 42.9 Å². The monoisotopic (exact) mass is 555 g/mol. The van der Waals surface area contributed by atoms with E-state index in [1.165, 1.54) is 25.3 Å². The van der Waals surface area contributed by atoms with Crippen molar-refractivity contribution in [3.05, 3.63) is 93.5 Å². The summed E-state index contributed by atoms with van der Waals surface area (Å²) in [5.41, 5.74) is -0.390. The van der Waals surface area contributed by atoms with Gasteiger partial charge >= 0.3 is 0 Å². The average Bonchev–Trinajstić information content (AvgIpc) is 2.91. The smallest absolute Gasteiger partial charge is 0.293 e. The summed E-state index contributed by atoms with van der Waals surface area (Å²) in [6.45, 7) is 3.55. The first kappa shape index (κ1) is 28.0. The Bertz CT molecular complexity index is 1490. The molecule has 11 nitrogen and oxygen atoms in total. The number of rotatable bonds is 9. The van der Waals surface area contributed by atoms with Gasteiger partial charge in [0, 0.05) is 17.7 Å². The number of benzene rings is 3. The highest BCUT2D eigenvalue weighted by atomic mass is 32.2. The van der Waals surface area contributed by atoms with Crippen LogP contribution in [0, 0.1) is 10.1 Å². The van der Waals surface area contributed by atoms with Gasteiger partial charge in [0.2, 0.25) is 10.0 Å². The average molecular weight is 556 g/mol. The SMILES string of the molecule is COc1ccc(S(=O)(=O)N[C@@H]2c3cc(C(=O)NCCc4ccccc4)ccc3OC(C)(C)[C@H]2O)c([N+](=O)[O-])c1. The Balaban J connectivity index is 1.64. The lowest BCUT2D eigenvalue weighted by atomic mass is 9.86. The third-order valence-corrected chi connectivity index (χ3v) is 7.97. The summed E-state index contributed by atoms with van der Waals surface area (Å²) in [6.07, 6.45) is -0.773. The standard InChI is InChI=1S/C27H29N3O8S/c1-27(2)25(31)24(29-39(35,36)23-12-10-19(37-3)16-21(23)30(33)34)20-15-18(9-11-22(20)38-27)26(32)28-14-13-17-7-5-4-6-8-17/h4-12,15-16,24-25,29,31H,13-14H2,1-3H3,(H,28,32)/t24-,25+/m1/s1. The predicted octanol–water partition coefficient (Wildman–Crippen LogP) is 3.13. The summed E-state index contributed by atoms with van der Waals surface area (Å²) in [6, 6.07) is 16.3. The number of hydrogen-bond acceptors (Lipinski definition) is 8. The number of nitro benzene ring substituents is 1. The van der Waals surface area contributed by atoms with Gasteiger partial charge in [-0.25, -0.2) is 13.1 Å². The molecule has 2 atom stereocenters. The molecule has 3 aromatic rings. The second-order valence-electron chi connectivity index (χ2n) is 9.58. The highest BCUT2D eigenvalue weighted by Crippen LogP contribution is 2.41. The van der Waals surface area contributed by atoms with E-state index in [0.717, 1.165) is 17.7 Å². The van der Waals surface area contributed by atoms with Gasteiger partial charge in [-0.1, -0.05) is 30.3 Å². The molecule has 1 aliphatic rings. The van der Waals surface area contributed by atoms with Crippen molar-refractivity contribution in [1.29, 1.82) is 0 Å². The van der Waals surface area contributed by atoms with Gasteiger partial charge in [0.25, 0.3) is 11.6 Å². The molecule has 3 aromatic carbocycles. The number of hydrogen-bond donors (Lipinski definition) is 3. The first-order valence-corrected chi connectivity index (χ1v) is 13.6. The lowest BCUT2D eigenvalue weighted by Gasteiger charge is -2.42. The third kappa shape index (κ3) is 6.03. The number of carbonyl (C=O) groups is 1. The van der Waals surface area contributed by atoms with Crippen molar-refractivity contribution >= 4 is 21.6 Å². The van der Waals surface area contributed by atoms with Crippen molar-refractivity contribution in [3.8, 4) is 11.5 Å². The molecule has 206 valence electrons. The summed E-state index contributed by atoms with van der Waals surface area (Å²) < 4.78 is 40.1.